The molecule has 1 unspecified atom stereocenters. The van der Waals surface area contributed by atoms with Crippen LogP contribution in [0, 0.1) is 0 Å². The number of nitrogens with one attached hydrogen (secondary N) is 2. The van der Waals surface area contributed by atoms with Crippen molar-refractivity contribution in [2.24, 2.45) is 0 Å². The molecule has 1 saturated heterocycles. The zero-order chi connectivity index (χ0) is 15.7. The lowest BCUT2D eigenvalue weighted by atomic mass is 10.00. The van der Waals surface area contributed by atoms with E-state index in [1.807, 2.05) is 19.1 Å². The average Bonchev–Trinajstić information content (AvgIpc) is 3.30. The Morgan fingerprint density at radius 2 is 2.23 bits per heavy atom. The maximum atomic E-state index is 12.4. The minimum Gasteiger partial charge on any atom is -0.496 e. The summed E-state index contributed by atoms with van der Waals surface area (Å²) in [5, 5.41) is 5.85. The highest BCUT2D eigenvalue weighted by Crippen LogP contribution is 2.44. The van der Waals surface area contributed by atoms with Crippen molar-refractivity contribution in [1.29, 1.82) is 0 Å². The largest absolute Gasteiger partial charge is 0.496 e. The molecule has 1 aromatic rings. The fraction of sp³-hybridized carbons (Fsp3) is 0.529. The Balaban J connectivity index is 1.67. The molecule has 2 aliphatic rings. The Morgan fingerprint density at radius 1 is 1.45 bits per heavy atom. The minimum absolute atomic E-state index is 0.0530. The van der Waals surface area contributed by atoms with Crippen LogP contribution < -0.4 is 15.4 Å². The van der Waals surface area contributed by atoms with Crippen LogP contribution in [0.3, 0.4) is 0 Å². The average molecular weight is 302 g/mol. The lowest BCUT2D eigenvalue weighted by Gasteiger charge is -2.24. The number of carbonyl (C=O) groups excluding carboxylic acids is 2. The third-order valence-corrected chi connectivity index (χ3v) is 4.49. The number of hydrogen-bond acceptors (Lipinski definition) is 3. The predicted octanol–water partition coefficient (Wildman–Crippen LogP) is 1.97. The van der Waals surface area contributed by atoms with Gasteiger partial charge in [0, 0.05) is 18.5 Å². The van der Waals surface area contributed by atoms with E-state index >= 15 is 0 Å². The van der Waals surface area contributed by atoms with Crippen LogP contribution >= 0.6 is 0 Å². The third kappa shape index (κ3) is 3.08. The highest BCUT2D eigenvalue weighted by molar-refractivity contribution is 5.94. The lowest BCUT2D eigenvalue weighted by Crippen LogP contribution is -2.48. The summed E-state index contributed by atoms with van der Waals surface area (Å²) in [6, 6.07) is 5.58. The van der Waals surface area contributed by atoms with Gasteiger partial charge in [0.1, 0.15) is 5.75 Å². The van der Waals surface area contributed by atoms with Gasteiger partial charge in [-0.2, -0.15) is 0 Å². The highest BCUT2D eigenvalue weighted by atomic mass is 16.5. The van der Waals surface area contributed by atoms with E-state index in [1.54, 1.807) is 13.2 Å². The number of carbonyl (C=O) groups is 2. The molecule has 0 radical (unpaired) electrons. The van der Waals surface area contributed by atoms with Crippen molar-refractivity contribution in [3.8, 4) is 5.75 Å². The van der Waals surface area contributed by atoms with Crippen LogP contribution in [0.1, 0.15) is 54.4 Å². The van der Waals surface area contributed by atoms with Crippen molar-refractivity contribution in [2.75, 3.05) is 13.7 Å². The van der Waals surface area contributed by atoms with Crippen molar-refractivity contribution >= 4 is 11.8 Å². The van der Waals surface area contributed by atoms with Gasteiger partial charge in [-0.1, -0.05) is 0 Å². The Labute approximate surface area is 130 Å². The second kappa shape index (κ2) is 5.63. The molecule has 118 valence electrons. The molecule has 1 atom stereocenters. The summed E-state index contributed by atoms with van der Waals surface area (Å²) >= 11 is 0. The van der Waals surface area contributed by atoms with Gasteiger partial charge in [0.05, 0.1) is 12.6 Å². The van der Waals surface area contributed by atoms with Gasteiger partial charge in [-0.25, -0.2) is 0 Å². The minimum atomic E-state index is -0.335. The van der Waals surface area contributed by atoms with Crippen LogP contribution in [-0.2, 0) is 4.79 Å². The van der Waals surface area contributed by atoms with Crippen LogP contribution in [0.4, 0.5) is 0 Å². The summed E-state index contributed by atoms with van der Waals surface area (Å²) in [7, 11) is 1.66. The van der Waals surface area contributed by atoms with Crippen LogP contribution in [0.15, 0.2) is 18.2 Å². The zero-order valence-corrected chi connectivity index (χ0v) is 13.1. The van der Waals surface area contributed by atoms with E-state index in [-0.39, 0.29) is 17.4 Å². The van der Waals surface area contributed by atoms with Crippen molar-refractivity contribution in [2.45, 2.75) is 44.1 Å². The smallest absolute Gasteiger partial charge is 0.251 e. The van der Waals surface area contributed by atoms with E-state index in [1.165, 1.54) is 0 Å². The van der Waals surface area contributed by atoms with Gasteiger partial charge in [-0.05, 0) is 55.9 Å². The van der Waals surface area contributed by atoms with Crippen molar-refractivity contribution < 1.29 is 14.3 Å². The summed E-state index contributed by atoms with van der Waals surface area (Å²) < 4.78 is 5.37. The molecular weight excluding hydrogens is 280 g/mol. The lowest BCUT2D eigenvalue weighted by molar-refractivity contribution is -0.119. The van der Waals surface area contributed by atoms with E-state index in [0.717, 1.165) is 30.6 Å². The SMILES string of the molecule is COc1ccc(C(=O)NCC2(C)CCC(=O)N2)cc1C1CC1. The normalized spacial score (nSPS) is 24.0. The monoisotopic (exact) mass is 302 g/mol. The quantitative estimate of drug-likeness (QED) is 0.874. The summed E-state index contributed by atoms with van der Waals surface area (Å²) in [5.41, 5.74) is 1.43. The van der Waals surface area contributed by atoms with E-state index in [0.29, 0.717) is 24.4 Å². The molecule has 2 amide bonds. The van der Waals surface area contributed by atoms with Crippen LogP contribution in [-0.4, -0.2) is 31.0 Å². The maximum absolute atomic E-state index is 12.4. The molecule has 22 heavy (non-hydrogen) atoms. The highest BCUT2D eigenvalue weighted by Gasteiger charge is 2.33. The van der Waals surface area contributed by atoms with Crippen molar-refractivity contribution in [3.63, 3.8) is 0 Å². The van der Waals surface area contributed by atoms with E-state index in [9.17, 15) is 9.59 Å². The van der Waals surface area contributed by atoms with Crippen LogP contribution in [0.2, 0.25) is 0 Å². The number of ether oxygens (including phenoxy) is 1. The summed E-state index contributed by atoms with van der Waals surface area (Å²) in [5.74, 6) is 1.33. The number of amides is 2. The summed E-state index contributed by atoms with van der Waals surface area (Å²) in [4.78, 5) is 23.7. The van der Waals surface area contributed by atoms with Gasteiger partial charge in [-0.3, -0.25) is 9.59 Å². The maximum Gasteiger partial charge on any atom is 0.251 e. The zero-order valence-electron chi connectivity index (χ0n) is 13.1. The van der Waals surface area contributed by atoms with Crippen molar-refractivity contribution in [1.82, 2.24) is 10.6 Å². The Hall–Kier alpha value is -2.04. The second-order valence-electron chi connectivity index (χ2n) is 6.52. The molecule has 0 bridgehead atoms. The second-order valence-corrected chi connectivity index (χ2v) is 6.52. The molecule has 1 saturated carbocycles. The molecule has 1 heterocycles. The van der Waals surface area contributed by atoms with Gasteiger partial charge in [0.15, 0.2) is 0 Å². The summed E-state index contributed by atoms with van der Waals surface area (Å²) in [6.45, 7) is 2.41. The Bertz CT molecular complexity index is 610. The number of benzene rings is 1. The van der Waals surface area contributed by atoms with E-state index < -0.39 is 0 Å². The fourth-order valence-electron chi connectivity index (χ4n) is 2.95. The molecule has 2 fully saturated rings. The Morgan fingerprint density at radius 3 is 2.82 bits per heavy atom. The molecule has 1 aromatic carbocycles. The first-order valence-corrected chi connectivity index (χ1v) is 7.78. The third-order valence-electron chi connectivity index (χ3n) is 4.49. The van der Waals surface area contributed by atoms with Crippen LogP contribution in [0.5, 0.6) is 5.75 Å². The standard InChI is InChI=1S/C17H22N2O3/c1-17(8-7-15(20)19-17)10-18-16(21)12-5-6-14(22-2)13(9-12)11-3-4-11/h5-6,9,11H,3-4,7-8,10H2,1-2H3,(H,18,21)(H,19,20). The first-order chi connectivity index (χ1) is 10.5. The molecule has 0 spiro atoms. The van der Waals surface area contributed by atoms with Crippen LogP contribution in [0.25, 0.3) is 0 Å². The van der Waals surface area contributed by atoms with E-state index in [2.05, 4.69) is 10.6 Å². The van der Waals surface area contributed by atoms with E-state index in [4.69, 9.17) is 4.74 Å². The molecule has 0 aromatic heterocycles. The molecule has 1 aliphatic carbocycles. The topological polar surface area (TPSA) is 67.4 Å². The number of rotatable bonds is 5. The predicted molar refractivity (Wildman–Crippen MR) is 83.1 cm³/mol. The fourth-order valence-corrected chi connectivity index (χ4v) is 2.95. The Kier molecular flexibility index (Phi) is 3.81. The van der Waals surface area contributed by atoms with Gasteiger partial charge in [0.25, 0.3) is 5.91 Å². The molecule has 2 N–H and O–H groups in total. The van der Waals surface area contributed by atoms with Crippen molar-refractivity contribution in [3.05, 3.63) is 29.3 Å². The summed E-state index contributed by atoms with van der Waals surface area (Å²) in [6.07, 6.45) is 3.60. The first-order valence-electron chi connectivity index (χ1n) is 7.78. The number of methoxy groups -OCH3 is 1. The molecule has 5 heteroatoms. The van der Waals surface area contributed by atoms with Gasteiger partial charge < -0.3 is 15.4 Å². The molecular formula is C17H22N2O3. The first kappa shape index (κ1) is 14.9. The molecule has 3 rings (SSSR count). The van der Waals surface area contributed by atoms with Gasteiger partial charge in [0.2, 0.25) is 5.91 Å². The number of hydrogen-bond donors (Lipinski definition) is 2. The molecule has 1 aliphatic heterocycles. The molecule has 5 nitrogen and oxygen atoms in total. The van der Waals surface area contributed by atoms with Gasteiger partial charge >= 0.3 is 0 Å². The van der Waals surface area contributed by atoms with Gasteiger partial charge in [-0.15, -0.1) is 0 Å².